The number of anilines is 1. The molecule has 0 radical (unpaired) electrons. The van der Waals surface area contributed by atoms with Crippen LogP contribution in [0, 0.1) is 0 Å². The minimum Gasteiger partial charge on any atom is -0.368 e. The first-order valence-corrected chi connectivity index (χ1v) is 10.6. The zero-order chi connectivity index (χ0) is 21.6. The van der Waals surface area contributed by atoms with Crippen LogP contribution in [0.5, 0.6) is 0 Å². The summed E-state index contributed by atoms with van der Waals surface area (Å²) >= 11 is 1.36. The maximum absolute atomic E-state index is 13.2. The highest BCUT2D eigenvalue weighted by molar-refractivity contribution is 7.23. The molecule has 0 unspecified atom stereocenters. The van der Waals surface area contributed by atoms with Crippen molar-refractivity contribution in [3.8, 4) is 0 Å². The summed E-state index contributed by atoms with van der Waals surface area (Å²) in [5.74, 6) is -0.736. The number of piperidine rings is 1. The van der Waals surface area contributed by atoms with E-state index in [1.54, 1.807) is 4.90 Å². The number of nitrogens with zero attached hydrogens (tertiary/aromatic N) is 1. The molecule has 0 aliphatic carbocycles. The summed E-state index contributed by atoms with van der Waals surface area (Å²) in [7, 11) is 0. The molecule has 0 bridgehead atoms. The number of rotatable bonds is 4. The lowest BCUT2D eigenvalue weighted by Crippen LogP contribution is -2.59. The van der Waals surface area contributed by atoms with E-state index in [2.05, 4.69) is 10.6 Å². The van der Waals surface area contributed by atoms with Crippen molar-refractivity contribution in [2.45, 2.75) is 39.2 Å². The van der Waals surface area contributed by atoms with Crippen LogP contribution in [0.25, 0.3) is 10.1 Å². The van der Waals surface area contributed by atoms with E-state index < -0.39 is 11.4 Å². The fourth-order valence-corrected chi connectivity index (χ4v) is 4.26. The Labute approximate surface area is 174 Å². The van der Waals surface area contributed by atoms with E-state index in [0.29, 0.717) is 43.0 Å². The minimum atomic E-state index is -1.07. The first-order valence-electron chi connectivity index (χ1n) is 9.80. The maximum Gasteiger partial charge on any atom is 0.319 e. The number of benzene rings is 1. The molecule has 1 aliphatic heterocycles. The number of amides is 4. The van der Waals surface area contributed by atoms with Crippen LogP contribution in [0.2, 0.25) is 0 Å². The van der Waals surface area contributed by atoms with E-state index in [1.807, 2.05) is 45.0 Å². The van der Waals surface area contributed by atoms with Gasteiger partial charge in [0.05, 0.1) is 11.1 Å². The molecule has 0 atom stereocenters. The third-order valence-electron chi connectivity index (χ3n) is 4.81. The van der Waals surface area contributed by atoms with Gasteiger partial charge in [0.2, 0.25) is 5.91 Å². The lowest BCUT2D eigenvalue weighted by atomic mass is 9.87. The Morgan fingerprint density at radius 3 is 2.38 bits per heavy atom. The fraction of sp³-hybridized carbons (Fsp3) is 0.450. The number of fused-ring (bicyclic) bond motifs is 1. The van der Waals surface area contributed by atoms with Crippen LogP contribution >= 0.6 is 11.3 Å². The molecule has 9 heteroatoms. The summed E-state index contributed by atoms with van der Waals surface area (Å²) in [6.07, 6.45) is 0.629. The second-order valence-electron chi connectivity index (χ2n) is 6.60. The van der Waals surface area contributed by atoms with Crippen LogP contribution < -0.4 is 22.1 Å². The van der Waals surface area contributed by atoms with Gasteiger partial charge in [-0.05, 0) is 25.8 Å². The largest absolute Gasteiger partial charge is 0.368 e. The lowest BCUT2D eigenvalue weighted by molar-refractivity contribution is -0.124. The third kappa shape index (κ3) is 4.86. The van der Waals surface area contributed by atoms with Crippen molar-refractivity contribution in [3.05, 3.63) is 29.8 Å². The molecule has 1 aromatic carbocycles. The Morgan fingerprint density at radius 2 is 1.79 bits per heavy atom. The molecule has 1 saturated heterocycles. The highest BCUT2D eigenvalue weighted by Gasteiger charge is 2.38. The second-order valence-corrected chi connectivity index (χ2v) is 7.65. The number of primary amides is 1. The molecule has 1 aromatic heterocycles. The Kier molecular flexibility index (Phi) is 7.58. The topological polar surface area (TPSA) is 131 Å². The number of nitrogens with two attached hydrogens (primary N) is 2. The van der Waals surface area contributed by atoms with E-state index in [4.69, 9.17) is 11.5 Å². The summed E-state index contributed by atoms with van der Waals surface area (Å²) < 4.78 is 0.912. The SMILES string of the molecule is CC.CCNC(=O)Nc1sc2ccccc2c1C(=O)N1CCC(N)(C(N)=O)CC1. The average Bonchev–Trinajstić information content (AvgIpc) is 3.07. The molecule has 0 saturated carbocycles. The van der Waals surface area contributed by atoms with Crippen molar-refractivity contribution in [2.24, 2.45) is 11.5 Å². The minimum absolute atomic E-state index is 0.189. The van der Waals surface area contributed by atoms with Gasteiger partial charge in [0, 0.05) is 29.7 Å². The molecule has 0 spiro atoms. The molecule has 6 N–H and O–H groups in total. The van der Waals surface area contributed by atoms with Crippen LogP contribution in [0.15, 0.2) is 24.3 Å². The molecule has 1 aliphatic rings. The molecule has 1 fully saturated rings. The van der Waals surface area contributed by atoms with E-state index in [-0.39, 0.29) is 11.9 Å². The van der Waals surface area contributed by atoms with Crippen LogP contribution in [-0.2, 0) is 4.79 Å². The average molecular weight is 420 g/mol. The summed E-state index contributed by atoms with van der Waals surface area (Å²) in [6.45, 7) is 6.98. The maximum atomic E-state index is 13.2. The van der Waals surface area contributed by atoms with Gasteiger partial charge in [0.15, 0.2) is 0 Å². The summed E-state index contributed by atoms with van der Waals surface area (Å²) in [5, 5.41) is 6.75. The molecule has 29 heavy (non-hydrogen) atoms. The quantitative estimate of drug-likeness (QED) is 0.606. The predicted octanol–water partition coefficient (Wildman–Crippen LogP) is 2.49. The summed E-state index contributed by atoms with van der Waals surface area (Å²) in [4.78, 5) is 38.4. The zero-order valence-corrected chi connectivity index (χ0v) is 17.9. The standard InChI is InChI=1S/C18H23N5O3S.C2H6/c1-2-21-17(26)22-14-13(11-5-3-4-6-12(11)27-14)15(24)23-9-7-18(20,8-10-23)16(19)25;1-2/h3-6H,2,7-10,20H2,1H3,(H2,19,25)(H2,21,22,26);1-2H3. The highest BCUT2D eigenvalue weighted by Crippen LogP contribution is 2.37. The third-order valence-corrected chi connectivity index (χ3v) is 5.89. The summed E-state index contributed by atoms with van der Waals surface area (Å²) in [6, 6.07) is 7.16. The van der Waals surface area contributed by atoms with Crippen molar-refractivity contribution < 1.29 is 14.4 Å². The molecule has 2 heterocycles. The van der Waals surface area contributed by atoms with E-state index >= 15 is 0 Å². The number of likely N-dealkylation sites (tertiary alicyclic amines) is 1. The van der Waals surface area contributed by atoms with Gasteiger partial charge in [0.1, 0.15) is 5.00 Å². The van der Waals surface area contributed by atoms with E-state index in [0.717, 1.165) is 10.1 Å². The number of carbonyl (C=O) groups is 3. The molecule has 8 nitrogen and oxygen atoms in total. The number of nitrogens with one attached hydrogen (secondary N) is 2. The number of urea groups is 1. The summed E-state index contributed by atoms with van der Waals surface area (Å²) in [5.41, 5.74) is 10.8. The van der Waals surface area contributed by atoms with Gasteiger partial charge in [-0.1, -0.05) is 32.0 Å². The Hall–Kier alpha value is -2.65. The molecular formula is C20H29N5O3S. The predicted molar refractivity (Wildman–Crippen MR) is 117 cm³/mol. The van der Waals surface area contributed by atoms with Gasteiger partial charge >= 0.3 is 6.03 Å². The van der Waals surface area contributed by atoms with Crippen molar-refractivity contribution in [3.63, 3.8) is 0 Å². The van der Waals surface area contributed by atoms with Gasteiger partial charge in [0.25, 0.3) is 5.91 Å². The second kappa shape index (κ2) is 9.71. The van der Waals surface area contributed by atoms with Crippen molar-refractivity contribution >= 4 is 44.3 Å². The van der Waals surface area contributed by atoms with Crippen molar-refractivity contribution in [1.29, 1.82) is 0 Å². The number of hydrogen-bond donors (Lipinski definition) is 4. The van der Waals surface area contributed by atoms with Gasteiger partial charge in [-0.15, -0.1) is 11.3 Å². The fourth-order valence-electron chi connectivity index (χ4n) is 3.17. The number of thiophene rings is 1. The Bertz CT molecular complexity index is 887. The molecule has 158 valence electrons. The first-order chi connectivity index (χ1) is 13.9. The molecular weight excluding hydrogens is 390 g/mol. The van der Waals surface area contributed by atoms with Crippen molar-refractivity contribution in [1.82, 2.24) is 10.2 Å². The first kappa shape index (κ1) is 22.6. The van der Waals surface area contributed by atoms with Crippen LogP contribution in [0.3, 0.4) is 0 Å². The van der Waals surface area contributed by atoms with Crippen molar-refractivity contribution in [2.75, 3.05) is 25.0 Å². The normalized spacial score (nSPS) is 15.2. The van der Waals surface area contributed by atoms with Crippen LogP contribution in [0.1, 0.15) is 44.0 Å². The Balaban J connectivity index is 0.00000145. The number of carbonyl (C=O) groups excluding carboxylic acids is 3. The monoisotopic (exact) mass is 419 g/mol. The molecule has 3 rings (SSSR count). The van der Waals surface area contributed by atoms with Gasteiger partial charge < -0.3 is 21.7 Å². The van der Waals surface area contributed by atoms with E-state index in [9.17, 15) is 14.4 Å². The smallest absolute Gasteiger partial charge is 0.319 e. The van der Waals surface area contributed by atoms with Gasteiger partial charge in [-0.3, -0.25) is 14.9 Å². The van der Waals surface area contributed by atoms with Crippen LogP contribution in [0.4, 0.5) is 9.80 Å². The van der Waals surface area contributed by atoms with Gasteiger partial charge in [-0.25, -0.2) is 4.79 Å². The molecule has 4 amide bonds. The molecule has 2 aromatic rings. The van der Waals surface area contributed by atoms with E-state index in [1.165, 1.54) is 11.3 Å². The van der Waals surface area contributed by atoms with Crippen LogP contribution in [-0.4, -0.2) is 47.9 Å². The Morgan fingerprint density at radius 1 is 1.17 bits per heavy atom. The zero-order valence-electron chi connectivity index (χ0n) is 17.1. The highest BCUT2D eigenvalue weighted by atomic mass is 32.1. The lowest BCUT2D eigenvalue weighted by Gasteiger charge is -2.37. The number of hydrogen-bond acceptors (Lipinski definition) is 5. The van der Waals surface area contributed by atoms with Gasteiger partial charge in [-0.2, -0.15) is 0 Å².